The van der Waals surface area contributed by atoms with Gasteiger partial charge in [-0.05, 0) is 19.1 Å². The summed E-state index contributed by atoms with van der Waals surface area (Å²) in [4.78, 5) is 0. The van der Waals surface area contributed by atoms with Crippen LogP contribution in [0.15, 0.2) is 23.4 Å². The third-order valence-electron chi connectivity index (χ3n) is 1.80. The summed E-state index contributed by atoms with van der Waals surface area (Å²) in [6.45, 7) is 1.41. The summed E-state index contributed by atoms with van der Waals surface area (Å²) in [7, 11) is 1.45. The fraction of sp³-hybridized carbons (Fsp3) is 0.222. The predicted molar refractivity (Wildman–Crippen MR) is 54.0 cm³/mol. The number of rotatable bonds is 3. The molecule has 0 amide bonds. The standard InChI is InChI=1S/C9H11FN4O/c1-6(11)14(13-12)9-5-7(15-2)3-4-8(9)10/h3-5,11-12H,1-2H3. The van der Waals surface area contributed by atoms with Crippen molar-refractivity contribution >= 4 is 11.5 Å². The maximum absolute atomic E-state index is 13.4. The number of ether oxygens (including phenoxy) is 1. The van der Waals surface area contributed by atoms with Gasteiger partial charge in [0, 0.05) is 6.07 Å². The average molecular weight is 210 g/mol. The molecule has 0 fully saturated rings. The largest absolute Gasteiger partial charge is 0.497 e. The molecule has 1 aromatic carbocycles. The fourth-order valence-corrected chi connectivity index (χ4v) is 1.09. The minimum Gasteiger partial charge on any atom is -0.497 e. The maximum atomic E-state index is 13.4. The van der Waals surface area contributed by atoms with Crippen molar-refractivity contribution in [1.82, 2.24) is 0 Å². The number of benzene rings is 1. The van der Waals surface area contributed by atoms with Crippen molar-refractivity contribution in [2.24, 2.45) is 5.22 Å². The molecule has 0 heterocycles. The molecule has 0 aliphatic carbocycles. The van der Waals surface area contributed by atoms with E-state index in [0.717, 1.165) is 5.01 Å². The van der Waals surface area contributed by atoms with Gasteiger partial charge in [-0.3, -0.25) is 5.41 Å². The smallest absolute Gasteiger partial charge is 0.149 e. The molecule has 80 valence electrons. The zero-order valence-corrected chi connectivity index (χ0v) is 8.41. The van der Waals surface area contributed by atoms with Crippen LogP contribution in [-0.4, -0.2) is 12.9 Å². The first kappa shape index (κ1) is 11.1. The molecular formula is C9H11FN4O. The van der Waals surface area contributed by atoms with Crippen LogP contribution in [0.3, 0.4) is 0 Å². The second-order valence-electron chi connectivity index (χ2n) is 2.81. The van der Waals surface area contributed by atoms with Gasteiger partial charge < -0.3 is 4.74 Å². The first-order valence-electron chi connectivity index (χ1n) is 4.16. The van der Waals surface area contributed by atoms with E-state index in [-0.39, 0.29) is 11.5 Å². The van der Waals surface area contributed by atoms with Gasteiger partial charge in [-0.2, -0.15) is 10.5 Å². The SMILES string of the molecule is COc1ccc(F)c(N(N=N)C(C)=N)c1. The molecule has 0 aliphatic rings. The van der Waals surface area contributed by atoms with Gasteiger partial charge in [-0.15, -0.1) is 0 Å². The van der Waals surface area contributed by atoms with E-state index in [0.29, 0.717) is 5.75 Å². The number of hydrogen-bond donors (Lipinski definition) is 2. The number of anilines is 1. The Labute approximate surface area is 86.5 Å². The van der Waals surface area contributed by atoms with Crippen LogP contribution in [0.25, 0.3) is 0 Å². The molecule has 1 aromatic rings. The molecule has 5 nitrogen and oxygen atoms in total. The Balaban J connectivity index is 3.21. The Morgan fingerprint density at radius 2 is 2.20 bits per heavy atom. The van der Waals surface area contributed by atoms with Crippen LogP contribution < -0.4 is 9.75 Å². The molecule has 0 saturated heterocycles. The number of halogens is 1. The minimum atomic E-state index is -0.557. The van der Waals surface area contributed by atoms with Crippen LogP contribution in [0.5, 0.6) is 5.75 Å². The van der Waals surface area contributed by atoms with Gasteiger partial charge >= 0.3 is 0 Å². The average Bonchev–Trinajstić information content (AvgIpc) is 2.21. The highest BCUT2D eigenvalue weighted by Gasteiger charge is 2.13. The molecule has 0 saturated carbocycles. The number of nitrogens with one attached hydrogen (secondary N) is 2. The lowest BCUT2D eigenvalue weighted by molar-refractivity contribution is 0.414. The van der Waals surface area contributed by atoms with E-state index < -0.39 is 5.82 Å². The van der Waals surface area contributed by atoms with Gasteiger partial charge in [-0.25, -0.2) is 4.39 Å². The zero-order chi connectivity index (χ0) is 11.4. The van der Waals surface area contributed by atoms with Gasteiger partial charge in [0.15, 0.2) is 0 Å². The van der Waals surface area contributed by atoms with Crippen LogP contribution in [0.4, 0.5) is 10.1 Å². The molecule has 0 aromatic heterocycles. The number of methoxy groups -OCH3 is 1. The van der Waals surface area contributed by atoms with E-state index in [4.69, 9.17) is 15.7 Å². The van der Waals surface area contributed by atoms with Crippen molar-refractivity contribution in [3.05, 3.63) is 24.0 Å². The highest BCUT2D eigenvalue weighted by molar-refractivity contribution is 5.93. The van der Waals surface area contributed by atoms with Gasteiger partial charge in [-0.1, -0.05) is 5.22 Å². The molecule has 15 heavy (non-hydrogen) atoms. The Bertz CT molecular complexity index is 394. The molecule has 1 rings (SSSR count). The fourth-order valence-electron chi connectivity index (χ4n) is 1.09. The van der Waals surface area contributed by atoms with E-state index in [9.17, 15) is 4.39 Å². The van der Waals surface area contributed by atoms with Crippen LogP contribution in [-0.2, 0) is 0 Å². The first-order chi connectivity index (χ1) is 7.10. The Morgan fingerprint density at radius 3 is 2.67 bits per heavy atom. The maximum Gasteiger partial charge on any atom is 0.149 e. The van der Waals surface area contributed by atoms with Crippen molar-refractivity contribution in [3.8, 4) is 5.75 Å². The number of amidine groups is 1. The lowest BCUT2D eigenvalue weighted by Gasteiger charge is -2.16. The van der Waals surface area contributed by atoms with Gasteiger partial charge in [0.25, 0.3) is 0 Å². The summed E-state index contributed by atoms with van der Waals surface area (Å²) in [5.41, 5.74) is 6.88. The molecule has 2 N–H and O–H groups in total. The van der Waals surface area contributed by atoms with Gasteiger partial charge in [0.1, 0.15) is 23.1 Å². The van der Waals surface area contributed by atoms with Crippen LogP contribution in [0, 0.1) is 16.8 Å². The van der Waals surface area contributed by atoms with Crippen LogP contribution in [0.2, 0.25) is 0 Å². The highest BCUT2D eigenvalue weighted by Crippen LogP contribution is 2.25. The minimum absolute atomic E-state index is 0.0249. The number of nitrogens with zero attached hydrogens (tertiary/aromatic N) is 2. The second kappa shape index (κ2) is 4.50. The molecular weight excluding hydrogens is 199 g/mol. The molecule has 6 heteroatoms. The summed E-state index contributed by atoms with van der Waals surface area (Å²) in [5.74, 6) is -0.156. The highest BCUT2D eigenvalue weighted by atomic mass is 19.1. The van der Waals surface area contributed by atoms with Crippen molar-refractivity contribution in [1.29, 1.82) is 10.9 Å². The second-order valence-corrected chi connectivity index (χ2v) is 2.81. The van der Waals surface area contributed by atoms with Crippen LogP contribution >= 0.6 is 0 Å². The first-order valence-corrected chi connectivity index (χ1v) is 4.16. The predicted octanol–water partition coefficient (Wildman–Crippen LogP) is 2.58. The molecule has 0 spiro atoms. The lowest BCUT2D eigenvalue weighted by Crippen LogP contribution is -2.21. The van der Waals surface area contributed by atoms with Crippen molar-refractivity contribution in [2.75, 3.05) is 12.1 Å². The third kappa shape index (κ3) is 2.28. The summed E-state index contributed by atoms with van der Waals surface area (Å²) in [5, 5.41) is 11.2. The van der Waals surface area contributed by atoms with E-state index in [1.165, 1.54) is 32.2 Å². The topological polar surface area (TPSA) is 72.5 Å². The zero-order valence-electron chi connectivity index (χ0n) is 8.41. The molecule has 0 bridgehead atoms. The molecule has 0 aliphatic heterocycles. The van der Waals surface area contributed by atoms with E-state index in [1.54, 1.807) is 0 Å². The molecule has 0 radical (unpaired) electrons. The lowest BCUT2D eigenvalue weighted by atomic mass is 10.2. The van der Waals surface area contributed by atoms with Gasteiger partial charge in [0.2, 0.25) is 0 Å². The van der Waals surface area contributed by atoms with E-state index >= 15 is 0 Å². The summed E-state index contributed by atoms with van der Waals surface area (Å²) >= 11 is 0. The van der Waals surface area contributed by atoms with Gasteiger partial charge in [0.05, 0.1) is 7.11 Å². The normalized spacial score (nSPS) is 9.53. The molecule has 0 atom stereocenters. The Hall–Kier alpha value is -1.98. The molecule has 0 unspecified atom stereocenters. The third-order valence-corrected chi connectivity index (χ3v) is 1.80. The van der Waals surface area contributed by atoms with Crippen molar-refractivity contribution in [2.45, 2.75) is 6.92 Å². The number of hydrogen-bond acceptors (Lipinski definition) is 4. The summed E-state index contributed by atoms with van der Waals surface area (Å²) in [6.07, 6.45) is 0. The quantitative estimate of drug-likeness (QED) is 0.348. The summed E-state index contributed by atoms with van der Waals surface area (Å²) < 4.78 is 18.3. The Kier molecular flexibility index (Phi) is 3.33. The van der Waals surface area contributed by atoms with E-state index in [1.807, 2.05) is 0 Å². The van der Waals surface area contributed by atoms with Crippen molar-refractivity contribution in [3.63, 3.8) is 0 Å². The van der Waals surface area contributed by atoms with Crippen molar-refractivity contribution < 1.29 is 9.13 Å². The Morgan fingerprint density at radius 1 is 1.53 bits per heavy atom. The van der Waals surface area contributed by atoms with E-state index in [2.05, 4.69) is 5.22 Å². The summed E-state index contributed by atoms with van der Waals surface area (Å²) in [6, 6.07) is 4.04. The monoisotopic (exact) mass is 210 g/mol. The van der Waals surface area contributed by atoms with Crippen LogP contribution in [0.1, 0.15) is 6.92 Å².